The van der Waals surface area contributed by atoms with Gasteiger partial charge in [0.15, 0.2) is 5.78 Å². The molecule has 0 saturated heterocycles. The maximum Gasteiger partial charge on any atom is 0.165 e. The van der Waals surface area contributed by atoms with E-state index in [-0.39, 0.29) is 11.3 Å². The molecule has 4 heteroatoms. The van der Waals surface area contributed by atoms with Crippen molar-refractivity contribution in [3.05, 3.63) is 35.0 Å². The molecule has 2 nitrogen and oxygen atoms in total. The Kier molecular flexibility index (Phi) is 2.24. The predicted octanol–water partition coefficient (Wildman–Crippen LogP) is 3.36. The van der Waals surface area contributed by atoms with Gasteiger partial charge in [0.1, 0.15) is 11.6 Å². The third-order valence-electron chi connectivity index (χ3n) is 3.26. The molecule has 1 heterocycles. The van der Waals surface area contributed by atoms with Gasteiger partial charge >= 0.3 is 0 Å². The number of nitrogens with one attached hydrogen (secondary N) is 1. The molecule has 1 aliphatic rings. The van der Waals surface area contributed by atoms with Crippen molar-refractivity contribution in [3.63, 3.8) is 0 Å². The van der Waals surface area contributed by atoms with Crippen LogP contribution in [0.3, 0.4) is 0 Å². The number of H-pyrrole nitrogens is 1. The van der Waals surface area contributed by atoms with E-state index in [2.05, 4.69) is 4.98 Å². The molecule has 0 bridgehead atoms. The summed E-state index contributed by atoms with van der Waals surface area (Å²) < 4.78 is 26.8. The molecule has 1 N–H and O–H groups in total. The van der Waals surface area contributed by atoms with Crippen LogP contribution in [-0.4, -0.2) is 10.8 Å². The first-order chi connectivity index (χ1) is 8.16. The van der Waals surface area contributed by atoms with Gasteiger partial charge in [-0.15, -0.1) is 0 Å². The summed E-state index contributed by atoms with van der Waals surface area (Å²) in [7, 11) is 0. The second-order valence-electron chi connectivity index (χ2n) is 4.42. The molecule has 3 rings (SSSR count). The number of hydrogen-bond donors (Lipinski definition) is 1. The van der Waals surface area contributed by atoms with Crippen molar-refractivity contribution in [2.24, 2.45) is 0 Å². The quantitative estimate of drug-likeness (QED) is 0.698. The van der Waals surface area contributed by atoms with Crippen molar-refractivity contribution in [2.45, 2.75) is 25.7 Å². The van der Waals surface area contributed by atoms with E-state index in [1.54, 1.807) is 0 Å². The van der Waals surface area contributed by atoms with Crippen LogP contribution in [0.5, 0.6) is 0 Å². The molecule has 0 saturated carbocycles. The highest BCUT2D eigenvalue weighted by Crippen LogP contribution is 2.30. The number of aryl methyl sites for hydroxylation is 1. The number of halogens is 2. The van der Waals surface area contributed by atoms with Gasteiger partial charge < -0.3 is 4.98 Å². The zero-order chi connectivity index (χ0) is 12.0. The lowest BCUT2D eigenvalue weighted by atomic mass is 10.0. The molecule has 2 aromatic rings. The zero-order valence-corrected chi connectivity index (χ0v) is 9.15. The lowest BCUT2D eigenvalue weighted by Gasteiger charge is -1.98. The average Bonchev–Trinajstić information content (AvgIpc) is 2.53. The van der Waals surface area contributed by atoms with Gasteiger partial charge in [-0.05, 0) is 25.3 Å². The second kappa shape index (κ2) is 3.65. The first-order valence-corrected chi connectivity index (χ1v) is 5.69. The van der Waals surface area contributed by atoms with Gasteiger partial charge in [-0.3, -0.25) is 4.79 Å². The van der Waals surface area contributed by atoms with Crippen LogP contribution in [0.2, 0.25) is 0 Å². The maximum absolute atomic E-state index is 13.6. The fraction of sp³-hybridized carbons (Fsp3) is 0.308. The Morgan fingerprint density at radius 2 is 1.88 bits per heavy atom. The molecule has 1 aromatic heterocycles. The lowest BCUT2D eigenvalue weighted by Crippen LogP contribution is -1.98. The Morgan fingerprint density at radius 3 is 2.71 bits per heavy atom. The number of fused-ring (bicyclic) bond motifs is 3. The number of benzene rings is 1. The molecule has 17 heavy (non-hydrogen) atoms. The van der Waals surface area contributed by atoms with Gasteiger partial charge in [0, 0.05) is 29.1 Å². The summed E-state index contributed by atoms with van der Waals surface area (Å²) in [4.78, 5) is 14.9. The van der Waals surface area contributed by atoms with Gasteiger partial charge in [0.2, 0.25) is 0 Å². The SMILES string of the molecule is O=C1CCCCc2[nH]c3c(F)cc(F)cc3c21. The van der Waals surface area contributed by atoms with E-state index >= 15 is 0 Å². The molecule has 1 aromatic carbocycles. The number of aromatic amines is 1. The second-order valence-corrected chi connectivity index (χ2v) is 4.42. The molecular weight excluding hydrogens is 224 g/mol. The van der Waals surface area contributed by atoms with Crippen LogP contribution in [-0.2, 0) is 6.42 Å². The number of ketones is 1. The standard InChI is InChI=1S/C13H11F2NO/c14-7-5-8-12-10(3-1-2-4-11(12)17)16-13(8)9(15)6-7/h5-6,16H,1-4H2. The maximum atomic E-state index is 13.6. The van der Waals surface area contributed by atoms with Crippen molar-refractivity contribution >= 4 is 16.7 Å². The Hall–Kier alpha value is -1.71. The van der Waals surface area contributed by atoms with Crippen molar-refractivity contribution in [2.75, 3.05) is 0 Å². The number of carbonyl (C=O) groups excluding carboxylic acids is 1. The Bertz CT molecular complexity index is 615. The average molecular weight is 235 g/mol. The highest BCUT2D eigenvalue weighted by Gasteiger charge is 2.22. The molecule has 0 radical (unpaired) electrons. The number of Topliss-reactive ketones (excluding diaryl/α,β-unsaturated/α-hetero) is 1. The molecule has 88 valence electrons. The summed E-state index contributed by atoms with van der Waals surface area (Å²) in [5.41, 5.74) is 1.47. The first-order valence-electron chi connectivity index (χ1n) is 5.69. The molecular formula is C13H11F2NO. The van der Waals surface area contributed by atoms with Gasteiger partial charge in [0.25, 0.3) is 0 Å². The van der Waals surface area contributed by atoms with Crippen molar-refractivity contribution < 1.29 is 13.6 Å². The van der Waals surface area contributed by atoms with Crippen LogP contribution in [0.15, 0.2) is 12.1 Å². The number of aromatic nitrogens is 1. The Labute approximate surface area is 96.6 Å². The van der Waals surface area contributed by atoms with Crippen molar-refractivity contribution in [1.29, 1.82) is 0 Å². The highest BCUT2D eigenvalue weighted by molar-refractivity contribution is 6.09. The normalized spacial score (nSPS) is 16.0. The number of rotatable bonds is 0. The minimum Gasteiger partial charge on any atom is -0.355 e. The van der Waals surface area contributed by atoms with E-state index in [1.165, 1.54) is 6.07 Å². The van der Waals surface area contributed by atoms with Crippen LogP contribution in [0.25, 0.3) is 10.9 Å². The number of carbonyl (C=O) groups is 1. The van der Waals surface area contributed by atoms with Gasteiger partial charge in [0.05, 0.1) is 5.52 Å². The Balaban J connectivity index is 2.36. The fourth-order valence-electron chi connectivity index (χ4n) is 2.49. The summed E-state index contributed by atoms with van der Waals surface area (Å²) in [5.74, 6) is -1.30. The van der Waals surface area contributed by atoms with E-state index in [4.69, 9.17) is 0 Å². The van der Waals surface area contributed by atoms with E-state index in [1.807, 2.05) is 0 Å². The topological polar surface area (TPSA) is 32.9 Å². The first kappa shape index (κ1) is 10.4. The molecule has 0 unspecified atom stereocenters. The lowest BCUT2D eigenvalue weighted by molar-refractivity contribution is 0.0983. The summed E-state index contributed by atoms with van der Waals surface area (Å²) in [5, 5.41) is 0.379. The minimum absolute atomic E-state index is 0.0197. The Morgan fingerprint density at radius 1 is 1.12 bits per heavy atom. The highest BCUT2D eigenvalue weighted by atomic mass is 19.1. The number of hydrogen-bond acceptors (Lipinski definition) is 1. The zero-order valence-electron chi connectivity index (χ0n) is 9.15. The molecule has 0 atom stereocenters. The van der Waals surface area contributed by atoms with Crippen molar-refractivity contribution in [1.82, 2.24) is 4.98 Å². The van der Waals surface area contributed by atoms with E-state index in [0.717, 1.165) is 31.0 Å². The fourth-order valence-corrected chi connectivity index (χ4v) is 2.49. The molecule has 0 spiro atoms. The van der Waals surface area contributed by atoms with Crippen LogP contribution in [0.4, 0.5) is 8.78 Å². The van der Waals surface area contributed by atoms with Crippen LogP contribution >= 0.6 is 0 Å². The smallest absolute Gasteiger partial charge is 0.165 e. The monoisotopic (exact) mass is 235 g/mol. The third kappa shape index (κ3) is 1.55. The van der Waals surface area contributed by atoms with Gasteiger partial charge in [-0.1, -0.05) is 0 Å². The van der Waals surface area contributed by atoms with Gasteiger partial charge in [-0.2, -0.15) is 0 Å². The van der Waals surface area contributed by atoms with Crippen LogP contribution in [0, 0.1) is 11.6 Å². The summed E-state index contributed by atoms with van der Waals surface area (Å²) in [6.07, 6.45) is 2.91. The van der Waals surface area contributed by atoms with Gasteiger partial charge in [-0.25, -0.2) is 8.78 Å². The minimum atomic E-state index is -0.645. The molecule has 0 amide bonds. The molecule has 0 fully saturated rings. The molecule has 0 aliphatic heterocycles. The van der Waals surface area contributed by atoms with E-state index < -0.39 is 11.6 Å². The van der Waals surface area contributed by atoms with E-state index in [0.29, 0.717) is 17.4 Å². The third-order valence-corrected chi connectivity index (χ3v) is 3.26. The van der Waals surface area contributed by atoms with Crippen LogP contribution in [0.1, 0.15) is 35.3 Å². The van der Waals surface area contributed by atoms with E-state index in [9.17, 15) is 13.6 Å². The predicted molar refractivity (Wildman–Crippen MR) is 60.1 cm³/mol. The largest absolute Gasteiger partial charge is 0.355 e. The summed E-state index contributed by atoms with van der Waals surface area (Å²) in [6, 6.07) is 2.07. The van der Waals surface area contributed by atoms with Crippen LogP contribution < -0.4 is 0 Å². The van der Waals surface area contributed by atoms with Crippen molar-refractivity contribution in [3.8, 4) is 0 Å². The molecule has 1 aliphatic carbocycles. The summed E-state index contributed by atoms with van der Waals surface area (Å²) >= 11 is 0. The summed E-state index contributed by atoms with van der Waals surface area (Å²) in [6.45, 7) is 0.